The number of hydrogen-bond acceptors (Lipinski definition) is 6. The molecule has 0 unspecified atom stereocenters. The van der Waals surface area contributed by atoms with Gasteiger partial charge in [0.2, 0.25) is 17.8 Å². The third kappa shape index (κ3) is 3.75. The number of hydrogen-bond donors (Lipinski definition) is 2. The maximum atomic E-state index is 12.7. The highest BCUT2D eigenvalue weighted by atomic mass is 19.1. The molecule has 1 amide bonds. The highest BCUT2D eigenvalue weighted by Gasteiger charge is 2.11. The number of carbonyl (C=O) groups excluding carboxylic acids is 1. The SMILES string of the molecule is Cc1cnncc1-c1nc(NC(=O)CCc2ccc(F)nc2)n[nH]1. The minimum absolute atomic E-state index is 0.184. The molecule has 0 bridgehead atoms. The zero-order valence-corrected chi connectivity index (χ0v) is 12.8. The molecule has 3 rings (SSSR count). The maximum absolute atomic E-state index is 12.7. The Kier molecular flexibility index (Phi) is 4.50. The van der Waals surface area contributed by atoms with Crippen molar-refractivity contribution in [3.8, 4) is 11.4 Å². The number of nitrogens with one attached hydrogen (secondary N) is 2. The molecule has 0 aliphatic heterocycles. The van der Waals surface area contributed by atoms with Gasteiger partial charge < -0.3 is 0 Å². The highest BCUT2D eigenvalue weighted by molar-refractivity contribution is 5.89. The summed E-state index contributed by atoms with van der Waals surface area (Å²) in [6.45, 7) is 1.88. The van der Waals surface area contributed by atoms with E-state index in [0.29, 0.717) is 12.2 Å². The number of rotatable bonds is 5. The van der Waals surface area contributed by atoms with Crippen molar-refractivity contribution in [2.45, 2.75) is 19.8 Å². The van der Waals surface area contributed by atoms with Crippen LogP contribution in [0.3, 0.4) is 0 Å². The van der Waals surface area contributed by atoms with Gasteiger partial charge in [-0.25, -0.2) is 4.98 Å². The number of amides is 1. The molecule has 122 valence electrons. The van der Waals surface area contributed by atoms with Crippen LogP contribution in [0.5, 0.6) is 0 Å². The fourth-order valence-corrected chi connectivity index (χ4v) is 2.07. The van der Waals surface area contributed by atoms with Crippen molar-refractivity contribution in [1.29, 1.82) is 0 Å². The van der Waals surface area contributed by atoms with Gasteiger partial charge in [-0.3, -0.25) is 15.2 Å². The van der Waals surface area contributed by atoms with Crippen molar-refractivity contribution in [3.05, 3.63) is 47.8 Å². The van der Waals surface area contributed by atoms with E-state index in [9.17, 15) is 9.18 Å². The molecule has 2 N–H and O–H groups in total. The molecule has 3 aromatic heterocycles. The van der Waals surface area contributed by atoms with Crippen molar-refractivity contribution in [2.24, 2.45) is 0 Å². The van der Waals surface area contributed by atoms with E-state index < -0.39 is 5.95 Å². The van der Waals surface area contributed by atoms with Gasteiger partial charge in [0.25, 0.3) is 0 Å². The van der Waals surface area contributed by atoms with Gasteiger partial charge in [0.15, 0.2) is 5.82 Å². The second kappa shape index (κ2) is 6.90. The van der Waals surface area contributed by atoms with Crippen molar-refractivity contribution >= 4 is 11.9 Å². The Bertz CT molecular complexity index is 847. The molecule has 0 aliphatic carbocycles. The lowest BCUT2D eigenvalue weighted by Gasteiger charge is -2.01. The minimum atomic E-state index is -0.544. The van der Waals surface area contributed by atoms with Gasteiger partial charge in [-0.1, -0.05) is 6.07 Å². The first kappa shape index (κ1) is 15.7. The van der Waals surface area contributed by atoms with E-state index in [4.69, 9.17) is 0 Å². The normalized spacial score (nSPS) is 10.6. The zero-order valence-electron chi connectivity index (χ0n) is 12.8. The Morgan fingerprint density at radius 3 is 2.83 bits per heavy atom. The minimum Gasteiger partial charge on any atom is -0.293 e. The van der Waals surface area contributed by atoms with Crippen LogP contribution in [0.15, 0.2) is 30.7 Å². The molecule has 0 saturated heterocycles. The molecule has 8 nitrogen and oxygen atoms in total. The molecule has 24 heavy (non-hydrogen) atoms. The average molecular weight is 327 g/mol. The number of H-pyrrole nitrogens is 1. The molecule has 0 aliphatic rings. The summed E-state index contributed by atoms with van der Waals surface area (Å²) < 4.78 is 12.7. The topological polar surface area (TPSA) is 109 Å². The average Bonchev–Trinajstić information content (AvgIpc) is 3.03. The fraction of sp³-hybridized carbons (Fsp3) is 0.200. The summed E-state index contributed by atoms with van der Waals surface area (Å²) in [6, 6.07) is 2.86. The number of aromatic nitrogens is 6. The second-order valence-electron chi connectivity index (χ2n) is 5.13. The molecule has 3 aromatic rings. The van der Waals surface area contributed by atoms with E-state index in [1.165, 1.54) is 12.3 Å². The van der Waals surface area contributed by atoms with Crippen LogP contribution < -0.4 is 5.32 Å². The molecule has 0 saturated carbocycles. The summed E-state index contributed by atoms with van der Waals surface area (Å²) in [5.74, 6) is -0.101. The zero-order chi connectivity index (χ0) is 16.9. The van der Waals surface area contributed by atoms with Crippen molar-refractivity contribution in [1.82, 2.24) is 30.4 Å². The van der Waals surface area contributed by atoms with E-state index >= 15 is 0 Å². The van der Waals surface area contributed by atoms with Crippen LogP contribution in [-0.2, 0) is 11.2 Å². The van der Waals surface area contributed by atoms with E-state index in [2.05, 4.69) is 35.7 Å². The second-order valence-corrected chi connectivity index (χ2v) is 5.13. The number of anilines is 1. The van der Waals surface area contributed by atoms with Gasteiger partial charge in [-0.2, -0.15) is 19.6 Å². The van der Waals surface area contributed by atoms with Crippen LogP contribution >= 0.6 is 0 Å². The predicted octanol–water partition coefficient (Wildman–Crippen LogP) is 1.68. The number of nitrogens with zero attached hydrogens (tertiary/aromatic N) is 5. The van der Waals surface area contributed by atoms with Gasteiger partial charge in [0.05, 0.1) is 12.4 Å². The first-order valence-electron chi connectivity index (χ1n) is 7.22. The highest BCUT2D eigenvalue weighted by Crippen LogP contribution is 2.18. The number of aryl methyl sites for hydroxylation is 2. The van der Waals surface area contributed by atoms with Crippen LogP contribution in [0.4, 0.5) is 10.3 Å². The van der Waals surface area contributed by atoms with Crippen LogP contribution in [-0.4, -0.2) is 36.3 Å². The number of carbonyl (C=O) groups is 1. The Morgan fingerprint density at radius 1 is 1.25 bits per heavy atom. The van der Waals surface area contributed by atoms with Crippen molar-refractivity contribution < 1.29 is 9.18 Å². The maximum Gasteiger partial charge on any atom is 0.249 e. The van der Waals surface area contributed by atoms with Gasteiger partial charge in [-0.05, 0) is 30.5 Å². The summed E-state index contributed by atoms with van der Waals surface area (Å²) in [5, 5.41) is 16.9. The Hall–Kier alpha value is -3.23. The molecule has 0 atom stereocenters. The standard InChI is InChI=1S/C15H14FN7O/c1-9-6-18-19-8-11(9)14-21-15(23-22-14)20-13(24)5-3-10-2-4-12(16)17-7-10/h2,4,6-8H,3,5H2,1H3,(H2,20,21,22,23,24). The molecule has 0 aromatic carbocycles. The van der Waals surface area contributed by atoms with Gasteiger partial charge in [0, 0.05) is 18.2 Å². The first-order valence-corrected chi connectivity index (χ1v) is 7.22. The third-order valence-corrected chi connectivity index (χ3v) is 3.35. The van der Waals surface area contributed by atoms with E-state index in [0.717, 1.165) is 16.7 Å². The molecule has 3 heterocycles. The lowest BCUT2D eigenvalue weighted by Crippen LogP contribution is -2.13. The van der Waals surface area contributed by atoms with E-state index in [-0.39, 0.29) is 18.3 Å². The van der Waals surface area contributed by atoms with Crippen LogP contribution in [0, 0.1) is 12.9 Å². The number of pyridine rings is 1. The Morgan fingerprint density at radius 2 is 2.08 bits per heavy atom. The monoisotopic (exact) mass is 327 g/mol. The summed E-state index contributed by atoms with van der Waals surface area (Å²) >= 11 is 0. The van der Waals surface area contributed by atoms with Gasteiger partial charge >= 0.3 is 0 Å². The lowest BCUT2D eigenvalue weighted by atomic mass is 10.1. The predicted molar refractivity (Wildman–Crippen MR) is 83.3 cm³/mol. The molecular weight excluding hydrogens is 313 g/mol. The van der Waals surface area contributed by atoms with E-state index in [1.54, 1.807) is 18.5 Å². The molecular formula is C15H14FN7O. The molecule has 9 heteroatoms. The largest absolute Gasteiger partial charge is 0.293 e. The quantitative estimate of drug-likeness (QED) is 0.690. The van der Waals surface area contributed by atoms with Crippen LogP contribution in [0.2, 0.25) is 0 Å². The molecule has 0 spiro atoms. The molecule has 0 fully saturated rings. The summed E-state index contributed by atoms with van der Waals surface area (Å²) in [6.07, 6.45) is 5.26. The smallest absolute Gasteiger partial charge is 0.249 e. The van der Waals surface area contributed by atoms with Gasteiger partial charge in [-0.15, -0.1) is 5.10 Å². The van der Waals surface area contributed by atoms with Crippen molar-refractivity contribution in [2.75, 3.05) is 5.32 Å². The summed E-state index contributed by atoms with van der Waals surface area (Å²) in [4.78, 5) is 19.7. The lowest BCUT2D eigenvalue weighted by molar-refractivity contribution is -0.116. The summed E-state index contributed by atoms with van der Waals surface area (Å²) in [5.41, 5.74) is 2.43. The number of aromatic amines is 1. The molecule has 0 radical (unpaired) electrons. The first-order chi connectivity index (χ1) is 11.6. The van der Waals surface area contributed by atoms with E-state index in [1.807, 2.05) is 6.92 Å². The van der Waals surface area contributed by atoms with Crippen LogP contribution in [0.25, 0.3) is 11.4 Å². The Labute approximate surface area is 136 Å². The third-order valence-electron chi connectivity index (χ3n) is 3.35. The number of halogens is 1. The Balaban J connectivity index is 1.59. The van der Waals surface area contributed by atoms with Crippen LogP contribution in [0.1, 0.15) is 17.5 Å². The fourth-order valence-electron chi connectivity index (χ4n) is 2.07. The summed E-state index contributed by atoms with van der Waals surface area (Å²) in [7, 11) is 0. The van der Waals surface area contributed by atoms with Gasteiger partial charge in [0.1, 0.15) is 0 Å². The van der Waals surface area contributed by atoms with Crippen molar-refractivity contribution in [3.63, 3.8) is 0 Å².